The third-order valence-electron chi connectivity index (χ3n) is 2.61. The second kappa shape index (κ2) is 5.69. The first-order chi connectivity index (χ1) is 9.29. The molecule has 0 radical (unpaired) electrons. The van der Waals surface area contributed by atoms with Crippen molar-refractivity contribution in [2.45, 2.75) is 17.9 Å². The van der Waals surface area contributed by atoms with Crippen molar-refractivity contribution in [3.63, 3.8) is 0 Å². The Morgan fingerprint density at radius 1 is 1.35 bits per heavy atom. The molecule has 0 saturated heterocycles. The second-order valence-electron chi connectivity index (χ2n) is 4.17. The van der Waals surface area contributed by atoms with Gasteiger partial charge < -0.3 is 5.73 Å². The first-order valence-electron chi connectivity index (χ1n) is 5.62. The molecule has 4 nitrogen and oxygen atoms in total. The van der Waals surface area contributed by atoms with Gasteiger partial charge in [-0.3, -0.25) is 0 Å². The van der Waals surface area contributed by atoms with Crippen molar-refractivity contribution in [2.75, 3.05) is 5.73 Å². The van der Waals surface area contributed by atoms with E-state index in [-0.39, 0.29) is 10.6 Å². The Kier molecular flexibility index (Phi) is 4.33. The summed E-state index contributed by atoms with van der Waals surface area (Å²) >= 11 is 7.10. The highest BCUT2D eigenvalue weighted by atomic mass is 35.5. The molecule has 1 atom stereocenters. The van der Waals surface area contributed by atoms with Gasteiger partial charge in [-0.2, -0.15) is 0 Å². The van der Waals surface area contributed by atoms with Gasteiger partial charge in [0.05, 0.1) is 16.1 Å². The number of anilines is 1. The van der Waals surface area contributed by atoms with Crippen molar-refractivity contribution in [1.29, 1.82) is 0 Å². The summed E-state index contributed by atoms with van der Waals surface area (Å²) in [5.41, 5.74) is 5.42. The Morgan fingerprint density at radius 3 is 2.60 bits per heavy atom. The van der Waals surface area contributed by atoms with E-state index in [4.69, 9.17) is 17.3 Å². The molecule has 0 fully saturated rings. The third-order valence-corrected chi connectivity index (χ3v) is 5.64. The van der Waals surface area contributed by atoms with E-state index in [0.717, 1.165) is 23.1 Å². The summed E-state index contributed by atoms with van der Waals surface area (Å²) in [5, 5.41) is 0. The molecule has 0 bridgehead atoms. The lowest BCUT2D eigenvalue weighted by atomic mass is 10.3. The normalized spacial score (nSPS) is 13.3. The predicted octanol–water partition coefficient (Wildman–Crippen LogP) is 3.16. The van der Waals surface area contributed by atoms with E-state index in [2.05, 4.69) is 4.72 Å². The largest absolute Gasteiger partial charge is 0.398 e. The fourth-order valence-corrected chi connectivity index (χ4v) is 4.15. The maximum Gasteiger partial charge on any atom is 0.243 e. The second-order valence-corrected chi connectivity index (χ2v) is 7.60. The molecule has 3 N–H and O–H groups in total. The number of benzene rings is 1. The van der Waals surface area contributed by atoms with Crippen LogP contribution < -0.4 is 10.5 Å². The van der Waals surface area contributed by atoms with E-state index in [1.54, 1.807) is 19.1 Å². The molecule has 108 valence electrons. The van der Waals surface area contributed by atoms with E-state index in [9.17, 15) is 12.8 Å². The number of halogens is 2. The minimum Gasteiger partial charge on any atom is -0.398 e. The van der Waals surface area contributed by atoms with Crippen LogP contribution in [0, 0.1) is 5.82 Å². The van der Waals surface area contributed by atoms with Crippen molar-refractivity contribution < 1.29 is 12.8 Å². The number of nitrogens with one attached hydrogen (secondary N) is 1. The monoisotopic (exact) mass is 334 g/mol. The highest BCUT2D eigenvalue weighted by Crippen LogP contribution is 2.28. The topological polar surface area (TPSA) is 72.2 Å². The first kappa shape index (κ1) is 15.2. The van der Waals surface area contributed by atoms with Gasteiger partial charge in [0.25, 0.3) is 0 Å². The minimum atomic E-state index is -3.82. The highest BCUT2D eigenvalue weighted by molar-refractivity contribution is 7.89. The maximum absolute atomic E-state index is 13.0. The zero-order valence-corrected chi connectivity index (χ0v) is 12.8. The number of thiophene rings is 1. The predicted molar refractivity (Wildman–Crippen MR) is 78.9 cm³/mol. The van der Waals surface area contributed by atoms with Crippen molar-refractivity contribution in [1.82, 2.24) is 4.72 Å². The molecule has 0 saturated carbocycles. The Morgan fingerprint density at radius 2 is 2.05 bits per heavy atom. The molecule has 0 aliphatic heterocycles. The van der Waals surface area contributed by atoms with Crippen LogP contribution in [0.3, 0.4) is 0 Å². The molecule has 0 amide bonds. The van der Waals surface area contributed by atoms with Crippen LogP contribution in [0.2, 0.25) is 4.34 Å². The lowest BCUT2D eigenvalue weighted by Crippen LogP contribution is -2.27. The average Bonchev–Trinajstić information content (AvgIpc) is 2.74. The third kappa shape index (κ3) is 3.29. The van der Waals surface area contributed by atoms with Gasteiger partial charge in [-0.1, -0.05) is 11.6 Å². The quantitative estimate of drug-likeness (QED) is 0.843. The van der Waals surface area contributed by atoms with Crippen LogP contribution in [-0.2, 0) is 10.0 Å². The van der Waals surface area contributed by atoms with Crippen molar-refractivity contribution in [3.8, 4) is 0 Å². The SMILES string of the molecule is CC(NS(=O)(=O)c1ccc(F)cc1N)c1ccc(Cl)s1. The van der Waals surface area contributed by atoms with Gasteiger partial charge in [-0.05, 0) is 37.3 Å². The molecule has 8 heteroatoms. The number of hydrogen-bond acceptors (Lipinski definition) is 4. The summed E-state index contributed by atoms with van der Waals surface area (Å²) in [6.07, 6.45) is 0. The van der Waals surface area contributed by atoms with Gasteiger partial charge >= 0.3 is 0 Å². The molecule has 20 heavy (non-hydrogen) atoms. The van der Waals surface area contributed by atoms with Crippen LogP contribution in [0.15, 0.2) is 35.2 Å². The minimum absolute atomic E-state index is 0.131. The molecule has 1 aromatic carbocycles. The van der Waals surface area contributed by atoms with Crippen LogP contribution in [0.4, 0.5) is 10.1 Å². The summed E-state index contributed by atoms with van der Waals surface area (Å²) in [5.74, 6) is -0.584. The molecule has 1 aromatic heterocycles. The van der Waals surface area contributed by atoms with Crippen molar-refractivity contribution in [3.05, 3.63) is 45.4 Å². The summed E-state index contributed by atoms with van der Waals surface area (Å²) in [7, 11) is -3.82. The number of nitrogen functional groups attached to an aromatic ring is 1. The fraction of sp³-hybridized carbons (Fsp3) is 0.167. The van der Waals surface area contributed by atoms with Crippen LogP contribution >= 0.6 is 22.9 Å². The summed E-state index contributed by atoms with van der Waals surface area (Å²) in [4.78, 5) is 0.632. The zero-order chi connectivity index (χ0) is 14.9. The highest BCUT2D eigenvalue weighted by Gasteiger charge is 2.21. The van der Waals surface area contributed by atoms with E-state index < -0.39 is 21.9 Å². The summed E-state index contributed by atoms with van der Waals surface area (Å²) in [6.45, 7) is 1.69. The molecular weight excluding hydrogens is 323 g/mol. The summed E-state index contributed by atoms with van der Waals surface area (Å²) < 4.78 is 40.4. The lowest BCUT2D eigenvalue weighted by molar-refractivity contribution is 0.568. The van der Waals surface area contributed by atoms with Crippen molar-refractivity contribution in [2.24, 2.45) is 0 Å². The Bertz CT molecular complexity index is 731. The Balaban J connectivity index is 2.27. The van der Waals surface area contributed by atoms with Crippen molar-refractivity contribution >= 4 is 38.6 Å². The molecule has 1 heterocycles. The molecule has 0 aliphatic rings. The maximum atomic E-state index is 13.0. The van der Waals surface area contributed by atoms with E-state index in [1.807, 2.05) is 0 Å². The Labute approximate surface area is 125 Å². The number of sulfonamides is 1. The van der Waals surface area contributed by atoms with Crippen LogP contribution in [-0.4, -0.2) is 8.42 Å². The number of nitrogens with two attached hydrogens (primary N) is 1. The van der Waals surface area contributed by atoms with Gasteiger partial charge in [0.15, 0.2) is 0 Å². The van der Waals surface area contributed by atoms with Gasteiger partial charge in [-0.25, -0.2) is 17.5 Å². The first-order valence-corrected chi connectivity index (χ1v) is 8.30. The van der Waals surface area contributed by atoms with Gasteiger partial charge in [-0.15, -0.1) is 11.3 Å². The molecule has 1 unspecified atom stereocenters. The van der Waals surface area contributed by atoms with Crippen LogP contribution in [0.1, 0.15) is 17.8 Å². The van der Waals surface area contributed by atoms with Crippen LogP contribution in [0.25, 0.3) is 0 Å². The van der Waals surface area contributed by atoms with E-state index in [0.29, 0.717) is 4.34 Å². The van der Waals surface area contributed by atoms with Gasteiger partial charge in [0, 0.05) is 4.88 Å². The van der Waals surface area contributed by atoms with E-state index in [1.165, 1.54) is 11.3 Å². The molecular formula is C12H12ClFN2O2S2. The smallest absolute Gasteiger partial charge is 0.243 e. The van der Waals surface area contributed by atoms with Gasteiger partial charge in [0.2, 0.25) is 10.0 Å². The molecule has 2 rings (SSSR count). The average molecular weight is 335 g/mol. The fourth-order valence-electron chi connectivity index (χ4n) is 1.68. The number of rotatable bonds is 4. The molecule has 2 aromatic rings. The van der Waals surface area contributed by atoms with E-state index >= 15 is 0 Å². The lowest BCUT2D eigenvalue weighted by Gasteiger charge is -2.14. The Hall–Kier alpha value is -1.15. The zero-order valence-electron chi connectivity index (χ0n) is 10.4. The summed E-state index contributed by atoms with van der Waals surface area (Å²) in [6, 6.07) is 6.15. The molecule has 0 spiro atoms. The standard InChI is InChI=1S/C12H12ClFN2O2S2/c1-7(10-3-5-12(13)19-10)16-20(17,18)11-4-2-8(14)6-9(11)15/h2-7,16H,15H2,1H3. The van der Waals surface area contributed by atoms with Gasteiger partial charge in [0.1, 0.15) is 10.7 Å². The van der Waals surface area contributed by atoms with Crippen LogP contribution in [0.5, 0.6) is 0 Å². The molecule has 0 aliphatic carbocycles. The number of hydrogen-bond donors (Lipinski definition) is 2.